The molecule has 0 radical (unpaired) electrons. The van der Waals surface area contributed by atoms with Crippen LogP contribution in [-0.4, -0.2) is 31.3 Å². The number of benzene rings is 1. The quantitative estimate of drug-likeness (QED) is 0.690. The molecule has 3 nitrogen and oxygen atoms in total. The second kappa shape index (κ2) is 9.78. The molecule has 2 N–H and O–H groups in total. The maximum absolute atomic E-state index is 9.28. The molecule has 0 heterocycles. The summed E-state index contributed by atoms with van der Waals surface area (Å²) >= 11 is 0. The van der Waals surface area contributed by atoms with Crippen LogP contribution in [0.15, 0.2) is 24.3 Å². The molecule has 0 aliphatic heterocycles. The standard InChI is InChI=1S/C17H30N2O/c1-4-5-10-19(11-12-20)17-9-7-6-8-16(17)14-18-13-15(2)3/h6-9,15,18,20H,4-5,10-14H2,1-3H3. The highest BCUT2D eigenvalue weighted by atomic mass is 16.3. The van der Waals surface area contributed by atoms with Crippen LogP contribution in [-0.2, 0) is 6.54 Å². The number of anilines is 1. The predicted octanol–water partition coefficient (Wildman–Crippen LogP) is 3.03. The van der Waals surface area contributed by atoms with Gasteiger partial charge in [-0.25, -0.2) is 0 Å². The van der Waals surface area contributed by atoms with E-state index in [0.29, 0.717) is 12.5 Å². The molecule has 1 aromatic rings. The molecule has 1 rings (SSSR count). The minimum Gasteiger partial charge on any atom is -0.395 e. The lowest BCUT2D eigenvalue weighted by atomic mass is 10.1. The SMILES string of the molecule is CCCCN(CCO)c1ccccc1CNCC(C)C. The van der Waals surface area contributed by atoms with E-state index >= 15 is 0 Å². The van der Waals surface area contributed by atoms with Gasteiger partial charge in [-0.2, -0.15) is 0 Å². The molecule has 0 spiro atoms. The number of nitrogens with one attached hydrogen (secondary N) is 1. The van der Waals surface area contributed by atoms with Crippen molar-refractivity contribution in [1.29, 1.82) is 0 Å². The summed E-state index contributed by atoms with van der Waals surface area (Å²) in [5.74, 6) is 0.663. The molecule has 20 heavy (non-hydrogen) atoms. The summed E-state index contributed by atoms with van der Waals surface area (Å²) in [6.07, 6.45) is 2.34. The number of para-hydroxylation sites is 1. The number of aliphatic hydroxyl groups is 1. The molecule has 114 valence electrons. The van der Waals surface area contributed by atoms with E-state index < -0.39 is 0 Å². The van der Waals surface area contributed by atoms with E-state index in [9.17, 15) is 5.11 Å². The average Bonchev–Trinajstić information content (AvgIpc) is 2.44. The van der Waals surface area contributed by atoms with Gasteiger partial charge in [0.2, 0.25) is 0 Å². The summed E-state index contributed by atoms with van der Waals surface area (Å²) in [6.45, 7) is 10.5. The summed E-state index contributed by atoms with van der Waals surface area (Å²) in [5, 5.41) is 12.8. The van der Waals surface area contributed by atoms with Crippen molar-refractivity contribution in [3.63, 3.8) is 0 Å². The lowest BCUT2D eigenvalue weighted by Crippen LogP contribution is -2.29. The van der Waals surface area contributed by atoms with Crippen LogP contribution in [0.5, 0.6) is 0 Å². The molecule has 0 atom stereocenters. The van der Waals surface area contributed by atoms with E-state index in [1.165, 1.54) is 17.7 Å². The molecule has 0 aliphatic rings. The summed E-state index contributed by atoms with van der Waals surface area (Å²) in [6, 6.07) is 8.52. The van der Waals surface area contributed by atoms with Crippen molar-refractivity contribution in [2.75, 3.05) is 31.1 Å². The number of unbranched alkanes of at least 4 members (excludes halogenated alkanes) is 1. The second-order valence-electron chi connectivity index (χ2n) is 5.72. The summed E-state index contributed by atoms with van der Waals surface area (Å²) in [7, 11) is 0. The third-order valence-corrected chi connectivity index (χ3v) is 3.35. The summed E-state index contributed by atoms with van der Waals surface area (Å²) in [4.78, 5) is 2.30. The lowest BCUT2D eigenvalue weighted by Gasteiger charge is -2.26. The first-order chi connectivity index (χ1) is 9.69. The van der Waals surface area contributed by atoms with Crippen LogP contribution in [0.1, 0.15) is 39.2 Å². The third-order valence-electron chi connectivity index (χ3n) is 3.35. The Morgan fingerprint density at radius 3 is 2.60 bits per heavy atom. The number of hydrogen-bond acceptors (Lipinski definition) is 3. The Labute approximate surface area is 124 Å². The lowest BCUT2D eigenvalue weighted by molar-refractivity contribution is 0.301. The molecule has 0 bridgehead atoms. The van der Waals surface area contributed by atoms with Crippen molar-refractivity contribution >= 4 is 5.69 Å². The van der Waals surface area contributed by atoms with Gasteiger partial charge in [-0.3, -0.25) is 0 Å². The normalized spacial score (nSPS) is 11.1. The van der Waals surface area contributed by atoms with Gasteiger partial charge >= 0.3 is 0 Å². The van der Waals surface area contributed by atoms with E-state index in [1.807, 2.05) is 0 Å². The predicted molar refractivity (Wildman–Crippen MR) is 87.2 cm³/mol. The van der Waals surface area contributed by atoms with Gasteiger partial charge in [0.25, 0.3) is 0 Å². The van der Waals surface area contributed by atoms with Crippen LogP contribution in [0, 0.1) is 5.92 Å². The molecular formula is C17H30N2O. The zero-order chi connectivity index (χ0) is 14.8. The van der Waals surface area contributed by atoms with Gasteiger partial charge in [0, 0.05) is 25.3 Å². The van der Waals surface area contributed by atoms with Crippen LogP contribution >= 0.6 is 0 Å². The molecule has 0 aromatic heterocycles. The third kappa shape index (κ3) is 5.93. The van der Waals surface area contributed by atoms with Gasteiger partial charge in [-0.05, 0) is 30.5 Å². The molecule has 1 aromatic carbocycles. The average molecular weight is 278 g/mol. The molecule has 0 saturated carbocycles. The van der Waals surface area contributed by atoms with Crippen molar-refractivity contribution in [3.05, 3.63) is 29.8 Å². The van der Waals surface area contributed by atoms with Crippen LogP contribution in [0.4, 0.5) is 5.69 Å². The first kappa shape index (κ1) is 17.0. The Hall–Kier alpha value is -1.06. The van der Waals surface area contributed by atoms with Crippen molar-refractivity contribution in [2.45, 2.75) is 40.2 Å². The molecule has 0 aliphatic carbocycles. The van der Waals surface area contributed by atoms with Crippen LogP contribution in [0.2, 0.25) is 0 Å². The van der Waals surface area contributed by atoms with E-state index in [2.05, 4.69) is 55.3 Å². The molecule has 0 saturated heterocycles. The Morgan fingerprint density at radius 1 is 1.20 bits per heavy atom. The largest absolute Gasteiger partial charge is 0.395 e. The van der Waals surface area contributed by atoms with Crippen molar-refractivity contribution in [3.8, 4) is 0 Å². The highest BCUT2D eigenvalue weighted by Gasteiger charge is 2.10. The molecule has 3 heteroatoms. The first-order valence-electron chi connectivity index (χ1n) is 7.83. The Morgan fingerprint density at radius 2 is 1.95 bits per heavy atom. The second-order valence-corrected chi connectivity index (χ2v) is 5.72. The van der Waals surface area contributed by atoms with Gasteiger partial charge < -0.3 is 15.3 Å². The maximum Gasteiger partial charge on any atom is 0.0606 e. The highest BCUT2D eigenvalue weighted by Crippen LogP contribution is 2.20. The monoisotopic (exact) mass is 278 g/mol. The maximum atomic E-state index is 9.28. The molecule has 0 fully saturated rings. The van der Waals surface area contributed by atoms with Gasteiger partial charge in [-0.1, -0.05) is 45.4 Å². The van der Waals surface area contributed by atoms with E-state index in [1.54, 1.807) is 0 Å². The highest BCUT2D eigenvalue weighted by molar-refractivity contribution is 5.53. The van der Waals surface area contributed by atoms with Gasteiger partial charge in [0.05, 0.1) is 6.61 Å². The van der Waals surface area contributed by atoms with Crippen LogP contribution < -0.4 is 10.2 Å². The van der Waals surface area contributed by atoms with Crippen molar-refractivity contribution in [2.24, 2.45) is 5.92 Å². The fraction of sp³-hybridized carbons (Fsp3) is 0.647. The zero-order valence-electron chi connectivity index (χ0n) is 13.2. The van der Waals surface area contributed by atoms with Gasteiger partial charge in [0.1, 0.15) is 0 Å². The minimum atomic E-state index is 0.206. The number of nitrogens with zero attached hydrogens (tertiary/aromatic N) is 1. The van der Waals surface area contributed by atoms with Gasteiger partial charge in [-0.15, -0.1) is 0 Å². The fourth-order valence-corrected chi connectivity index (χ4v) is 2.29. The first-order valence-corrected chi connectivity index (χ1v) is 7.83. The van der Waals surface area contributed by atoms with Crippen molar-refractivity contribution in [1.82, 2.24) is 5.32 Å². The number of hydrogen-bond donors (Lipinski definition) is 2. The Balaban J connectivity index is 2.74. The van der Waals surface area contributed by atoms with E-state index in [4.69, 9.17) is 0 Å². The van der Waals surface area contributed by atoms with Gasteiger partial charge in [0.15, 0.2) is 0 Å². The van der Waals surface area contributed by atoms with Crippen LogP contribution in [0.25, 0.3) is 0 Å². The number of rotatable bonds is 10. The molecule has 0 unspecified atom stereocenters. The number of aliphatic hydroxyl groups excluding tert-OH is 1. The van der Waals surface area contributed by atoms with E-state index in [0.717, 1.165) is 26.1 Å². The fourth-order valence-electron chi connectivity index (χ4n) is 2.29. The van der Waals surface area contributed by atoms with E-state index in [-0.39, 0.29) is 6.61 Å². The smallest absolute Gasteiger partial charge is 0.0606 e. The van der Waals surface area contributed by atoms with Crippen LogP contribution in [0.3, 0.4) is 0 Å². The molecular weight excluding hydrogens is 248 g/mol. The Bertz CT molecular complexity index is 366. The Kier molecular flexibility index (Phi) is 8.31. The topological polar surface area (TPSA) is 35.5 Å². The molecule has 0 amide bonds. The summed E-state index contributed by atoms with van der Waals surface area (Å²) < 4.78 is 0. The minimum absolute atomic E-state index is 0.206. The van der Waals surface area contributed by atoms with Crippen molar-refractivity contribution < 1.29 is 5.11 Å². The summed E-state index contributed by atoms with van der Waals surface area (Å²) in [5.41, 5.74) is 2.57. The zero-order valence-corrected chi connectivity index (χ0v) is 13.2.